The molecule has 0 bridgehead atoms. The third-order valence-corrected chi connectivity index (χ3v) is 7.10. The summed E-state index contributed by atoms with van der Waals surface area (Å²) in [6.45, 7) is 1.96. The maximum absolute atomic E-state index is 6.79. The number of benzene rings is 2. The normalized spacial score (nSPS) is 15.8. The van der Waals surface area contributed by atoms with Crippen LogP contribution in [0.3, 0.4) is 0 Å². The standard InChI is InChI=1S/C28H27N5/c1-19-31-32-27-24-18-23(20-8-4-2-5-9-20)26(30-25(24)14-17-33(19)27)21-10-12-22(13-11-21)28(29)15-6-3-7-16-28/h2,4-5,8-14,17-18H,3,6-7,15-16,29H2,1H3. The van der Waals surface area contributed by atoms with Crippen molar-refractivity contribution in [1.29, 1.82) is 0 Å². The van der Waals surface area contributed by atoms with Gasteiger partial charge in [0.2, 0.25) is 0 Å². The van der Waals surface area contributed by atoms with Gasteiger partial charge in [-0.3, -0.25) is 4.40 Å². The third kappa shape index (κ3) is 3.40. The highest BCUT2D eigenvalue weighted by Gasteiger charge is 2.29. The summed E-state index contributed by atoms with van der Waals surface area (Å²) in [6.07, 6.45) is 7.82. The first-order valence-corrected chi connectivity index (χ1v) is 11.7. The van der Waals surface area contributed by atoms with Crippen LogP contribution in [0.2, 0.25) is 0 Å². The van der Waals surface area contributed by atoms with Gasteiger partial charge in [-0.05, 0) is 43.0 Å². The first kappa shape index (κ1) is 20.1. The number of pyridine rings is 2. The second-order valence-corrected chi connectivity index (χ2v) is 9.23. The van der Waals surface area contributed by atoms with Crippen molar-refractivity contribution >= 4 is 16.6 Å². The van der Waals surface area contributed by atoms with E-state index in [1.807, 2.05) is 29.7 Å². The third-order valence-electron chi connectivity index (χ3n) is 7.10. The molecule has 0 spiro atoms. The minimum Gasteiger partial charge on any atom is -0.321 e. The molecule has 2 aromatic carbocycles. The van der Waals surface area contributed by atoms with E-state index in [4.69, 9.17) is 10.7 Å². The fraction of sp³-hybridized carbons (Fsp3) is 0.250. The minimum absolute atomic E-state index is 0.201. The van der Waals surface area contributed by atoms with E-state index < -0.39 is 0 Å². The molecule has 2 N–H and O–H groups in total. The molecule has 0 radical (unpaired) electrons. The molecule has 3 heterocycles. The molecule has 1 aliphatic rings. The van der Waals surface area contributed by atoms with Gasteiger partial charge in [-0.15, -0.1) is 10.2 Å². The summed E-state index contributed by atoms with van der Waals surface area (Å²) in [7, 11) is 0. The van der Waals surface area contributed by atoms with Gasteiger partial charge in [0.05, 0.1) is 11.2 Å². The van der Waals surface area contributed by atoms with Crippen molar-refractivity contribution in [3.8, 4) is 22.4 Å². The van der Waals surface area contributed by atoms with E-state index in [2.05, 4.69) is 64.8 Å². The smallest absolute Gasteiger partial charge is 0.170 e. The molecule has 5 aromatic rings. The summed E-state index contributed by atoms with van der Waals surface area (Å²) in [6, 6.07) is 23.4. The molecule has 1 saturated carbocycles. The summed E-state index contributed by atoms with van der Waals surface area (Å²) < 4.78 is 2.01. The van der Waals surface area contributed by atoms with Crippen molar-refractivity contribution in [2.45, 2.75) is 44.6 Å². The Bertz CT molecular complexity index is 1450. The van der Waals surface area contributed by atoms with Crippen molar-refractivity contribution < 1.29 is 0 Å². The molecule has 0 saturated heterocycles. The van der Waals surface area contributed by atoms with Gasteiger partial charge in [-0.1, -0.05) is 73.9 Å². The molecule has 5 heteroatoms. The molecule has 1 aliphatic carbocycles. The maximum atomic E-state index is 6.79. The number of hydrogen-bond acceptors (Lipinski definition) is 4. The van der Waals surface area contributed by atoms with Gasteiger partial charge in [-0.2, -0.15) is 0 Å². The fourth-order valence-electron chi connectivity index (χ4n) is 5.20. The lowest BCUT2D eigenvalue weighted by Crippen LogP contribution is -2.38. The summed E-state index contributed by atoms with van der Waals surface area (Å²) in [5, 5.41) is 9.68. The molecule has 0 atom stereocenters. The Hall–Kier alpha value is -3.57. The number of fused-ring (bicyclic) bond motifs is 3. The highest BCUT2D eigenvalue weighted by Crippen LogP contribution is 2.38. The van der Waals surface area contributed by atoms with Crippen molar-refractivity contribution in [1.82, 2.24) is 19.6 Å². The number of aryl methyl sites for hydroxylation is 1. The van der Waals surface area contributed by atoms with Gasteiger partial charge in [0.25, 0.3) is 0 Å². The first-order valence-electron chi connectivity index (χ1n) is 11.7. The number of rotatable bonds is 3. The Morgan fingerprint density at radius 2 is 1.61 bits per heavy atom. The Labute approximate surface area is 193 Å². The predicted molar refractivity (Wildman–Crippen MR) is 133 cm³/mol. The average Bonchev–Trinajstić information content (AvgIpc) is 3.25. The maximum Gasteiger partial charge on any atom is 0.170 e. The first-order chi connectivity index (χ1) is 16.1. The molecule has 1 fully saturated rings. The number of hydrogen-bond donors (Lipinski definition) is 1. The molecule has 164 valence electrons. The zero-order chi connectivity index (χ0) is 22.4. The monoisotopic (exact) mass is 433 g/mol. The van der Waals surface area contributed by atoms with Gasteiger partial charge in [0.15, 0.2) is 5.65 Å². The van der Waals surface area contributed by atoms with Gasteiger partial charge >= 0.3 is 0 Å². The molecule has 0 unspecified atom stereocenters. The molecular formula is C28H27N5. The van der Waals surface area contributed by atoms with Gasteiger partial charge in [0.1, 0.15) is 5.82 Å². The van der Waals surface area contributed by atoms with E-state index >= 15 is 0 Å². The lowest BCUT2D eigenvalue weighted by atomic mass is 9.77. The van der Waals surface area contributed by atoms with Crippen LogP contribution in [0.1, 0.15) is 43.5 Å². The fourth-order valence-corrected chi connectivity index (χ4v) is 5.20. The molecule has 33 heavy (non-hydrogen) atoms. The number of aromatic nitrogens is 4. The van der Waals surface area contributed by atoms with E-state index in [1.165, 1.54) is 24.8 Å². The Kier molecular flexibility index (Phi) is 4.73. The van der Waals surface area contributed by atoms with Gasteiger partial charge in [0, 0.05) is 28.2 Å². The van der Waals surface area contributed by atoms with Crippen molar-refractivity contribution in [2.24, 2.45) is 5.73 Å². The van der Waals surface area contributed by atoms with E-state index in [9.17, 15) is 0 Å². The largest absolute Gasteiger partial charge is 0.321 e. The lowest BCUT2D eigenvalue weighted by Gasteiger charge is -2.34. The van der Waals surface area contributed by atoms with Crippen LogP contribution in [0.5, 0.6) is 0 Å². The molecule has 5 nitrogen and oxygen atoms in total. The summed E-state index contributed by atoms with van der Waals surface area (Å²) in [5.41, 5.74) is 13.8. The highest BCUT2D eigenvalue weighted by atomic mass is 15.2. The number of nitrogens with two attached hydrogens (primary N) is 1. The van der Waals surface area contributed by atoms with E-state index in [0.717, 1.165) is 57.6 Å². The van der Waals surface area contributed by atoms with Crippen molar-refractivity contribution in [2.75, 3.05) is 0 Å². The SMILES string of the molecule is Cc1nnc2c3cc(-c4ccccc4)c(-c4ccc(C5(N)CCCCC5)cc4)nc3ccn12. The van der Waals surface area contributed by atoms with Crippen LogP contribution in [0.25, 0.3) is 38.9 Å². The van der Waals surface area contributed by atoms with Crippen molar-refractivity contribution in [3.05, 3.63) is 84.3 Å². The Morgan fingerprint density at radius 3 is 2.36 bits per heavy atom. The van der Waals surface area contributed by atoms with Gasteiger partial charge < -0.3 is 5.73 Å². The molecule has 6 rings (SSSR count). The summed E-state index contributed by atoms with van der Waals surface area (Å²) in [5.74, 6) is 0.867. The highest BCUT2D eigenvalue weighted by molar-refractivity contribution is 5.98. The number of nitrogens with zero attached hydrogens (tertiary/aromatic N) is 4. The van der Waals surface area contributed by atoms with Gasteiger partial charge in [-0.25, -0.2) is 4.98 Å². The molecule has 0 amide bonds. The van der Waals surface area contributed by atoms with E-state index in [-0.39, 0.29) is 5.54 Å². The minimum atomic E-state index is -0.201. The summed E-state index contributed by atoms with van der Waals surface area (Å²) in [4.78, 5) is 5.13. The Morgan fingerprint density at radius 1 is 0.848 bits per heavy atom. The second-order valence-electron chi connectivity index (χ2n) is 9.23. The van der Waals surface area contributed by atoms with Crippen LogP contribution in [-0.4, -0.2) is 19.6 Å². The van der Waals surface area contributed by atoms with Crippen LogP contribution in [-0.2, 0) is 5.54 Å². The zero-order valence-corrected chi connectivity index (χ0v) is 18.8. The Balaban J connectivity index is 1.53. The zero-order valence-electron chi connectivity index (χ0n) is 18.8. The van der Waals surface area contributed by atoms with E-state index in [1.54, 1.807) is 0 Å². The summed E-state index contributed by atoms with van der Waals surface area (Å²) >= 11 is 0. The predicted octanol–water partition coefficient (Wildman–Crippen LogP) is 6.04. The average molecular weight is 434 g/mol. The molecule has 0 aliphatic heterocycles. The topological polar surface area (TPSA) is 69.1 Å². The quantitative estimate of drug-likeness (QED) is 0.377. The van der Waals surface area contributed by atoms with Crippen LogP contribution in [0.15, 0.2) is 72.9 Å². The van der Waals surface area contributed by atoms with Crippen LogP contribution in [0, 0.1) is 6.92 Å². The molecular weight excluding hydrogens is 406 g/mol. The van der Waals surface area contributed by atoms with Crippen molar-refractivity contribution in [3.63, 3.8) is 0 Å². The van der Waals surface area contributed by atoms with Crippen LogP contribution < -0.4 is 5.73 Å². The van der Waals surface area contributed by atoms with Crippen LogP contribution >= 0.6 is 0 Å². The van der Waals surface area contributed by atoms with Crippen LogP contribution in [0.4, 0.5) is 0 Å². The molecule has 3 aromatic heterocycles. The second kappa shape index (κ2) is 7.78. The van der Waals surface area contributed by atoms with E-state index in [0.29, 0.717) is 0 Å². The lowest BCUT2D eigenvalue weighted by molar-refractivity contribution is 0.302.